The molecule has 0 bridgehead atoms. The highest BCUT2D eigenvalue weighted by Gasteiger charge is 2.10. The number of carbonyl (C=O) groups excluding carboxylic acids is 1. The van der Waals surface area contributed by atoms with Crippen LogP contribution >= 0.6 is 0 Å². The molecule has 0 aliphatic heterocycles. The molecule has 2 aromatic rings. The molecule has 2 rings (SSSR count). The normalized spacial score (nSPS) is 9.65. The first kappa shape index (κ1) is 13.6. The average Bonchev–Trinajstić information content (AvgIpc) is 2.49. The molecule has 0 fully saturated rings. The predicted octanol–water partition coefficient (Wildman–Crippen LogP) is 2.96. The lowest BCUT2D eigenvalue weighted by Gasteiger charge is -2.08. The molecule has 5 heteroatoms. The Morgan fingerprint density at radius 2 is 1.95 bits per heavy atom. The van der Waals surface area contributed by atoms with E-state index in [-0.39, 0.29) is 5.69 Å². The number of hydrogen-bond acceptors (Lipinski definition) is 3. The number of anilines is 1. The minimum Gasteiger partial charge on any atom is -0.497 e. The van der Waals surface area contributed by atoms with E-state index in [2.05, 4.69) is 5.32 Å². The summed E-state index contributed by atoms with van der Waals surface area (Å²) in [4.78, 5) is 12.0. The van der Waals surface area contributed by atoms with E-state index < -0.39 is 11.7 Å². The molecule has 0 saturated heterocycles. The maximum Gasteiger partial charge on any atom is 0.255 e. The van der Waals surface area contributed by atoms with E-state index in [1.165, 1.54) is 49.6 Å². The second-order valence-corrected chi connectivity index (χ2v) is 3.99. The Balaban J connectivity index is 2.20. The summed E-state index contributed by atoms with van der Waals surface area (Å²) in [6.45, 7) is 0. The van der Waals surface area contributed by atoms with Crippen molar-refractivity contribution in [1.82, 2.24) is 0 Å². The fourth-order valence-electron chi connectivity index (χ4n) is 1.62. The highest BCUT2D eigenvalue weighted by molar-refractivity contribution is 6.04. The van der Waals surface area contributed by atoms with Crippen molar-refractivity contribution in [2.45, 2.75) is 0 Å². The van der Waals surface area contributed by atoms with Crippen molar-refractivity contribution in [1.29, 1.82) is 5.26 Å². The van der Waals surface area contributed by atoms with Crippen LogP contribution in [0.15, 0.2) is 42.5 Å². The summed E-state index contributed by atoms with van der Waals surface area (Å²) in [6, 6.07) is 12.1. The van der Waals surface area contributed by atoms with Gasteiger partial charge in [-0.05, 0) is 36.4 Å². The zero-order valence-electron chi connectivity index (χ0n) is 10.7. The molecular formula is C15H11FN2O2. The van der Waals surface area contributed by atoms with Crippen molar-refractivity contribution in [2.75, 3.05) is 12.4 Å². The van der Waals surface area contributed by atoms with Gasteiger partial charge in [0.15, 0.2) is 0 Å². The van der Waals surface area contributed by atoms with Gasteiger partial charge in [-0.1, -0.05) is 0 Å². The number of nitrogens with one attached hydrogen (secondary N) is 1. The zero-order valence-corrected chi connectivity index (χ0v) is 10.7. The molecule has 0 unspecified atom stereocenters. The summed E-state index contributed by atoms with van der Waals surface area (Å²) in [6.07, 6.45) is 0. The van der Waals surface area contributed by atoms with Crippen molar-refractivity contribution in [3.05, 3.63) is 59.4 Å². The van der Waals surface area contributed by atoms with Crippen LogP contribution in [0.5, 0.6) is 5.75 Å². The van der Waals surface area contributed by atoms with E-state index in [9.17, 15) is 9.18 Å². The molecule has 0 atom stereocenters. The van der Waals surface area contributed by atoms with Crippen LogP contribution < -0.4 is 10.1 Å². The van der Waals surface area contributed by atoms with Gasteiger partial charge in [0.25, 0.3) is 5.91 Å². The van der Waals surface area contributed by atoms with Crippen molar-refractivity contribution in [3.63, 3.8) is 0 Å². The van der Waals surface area contributed by atoms with Gasteiger partial charge in [0.1, 0.15) is 11.6 Å². The third-order valence-corrected chi connectivity index (χ3v) is 2.70. The summed E-state index contributed by atoms with van der Waals surface area (Å²) in [5.74, 6) is -0.559. The maximum absolute atomic E-state index is 13.6. The standard InChI is InChI=1S/C15H11FN2O2/c1-20-12-6-7-13(16)14(8-12)18-15(19)11-4-2-10(9-17)3-5-11/h2-8H,1H3,(H,18,19). The zero-order chi connectivity index (χ0) is 14.5. The van der Waals surface area contributed by atoms with Gasteiger partial charge in [0.05, 0.1) is 24.4 Å². The van der Waals surface area contributed by atoms with Crippen molar-refractivity contribution in [2.24, 2.45) is 0 Å². The molecule has 0 radical (unpaired) electrons. The van der Waals surface area contributed by atoms with Crippen LogP contribution in [-0.4, -0.2) is 13.0 Å². The number of halogens is 1. The molecule has 20 heavy (non-hydrogen) atoms. The van der Waals surface area contributed by atoms with Crippen molar-refractivity contribution in [3.8, 4) is 11.8 Å². The number of nitrogens with zero attached hydrogens (tertiary/aromatic N) is 1. The Bertz CT molecular complexity index is 675. The Morgan fingerprint density at radius 1 is 1.25 bits per heavy atom. The molecule has 4 nitrogen and oxygen atoms in total. The molecule has 1 N–H and O–H groups in total. The van der Waals surface area contributed by atoms with Gasteiger partial charge < -0.3 is 10.1 Å². The number of nitriles is 1. The number of methoxy groups -OCH3 is 1. The van der Waals surface area contributed by atoms with Crippen LogP contribution in [0.1, 0.15) is 15.9 Å². The maximum atomic E-state index is 13.6. The van der Waals surface area contributed by atoms with Gasteiger partial charge in [0, 0.05) is 11.6 Å². The molecule has 2 aromatic carbocycles. The number of carbonyl (C=O) groups is 1. The highest BCUT2D eigenvalue weighted by Crippen LogP contribution is 2.21. The minimum absolute atomic E-state index is 0.0405. The smallest absolute Gasteiger partial charge is 0.255 e. The third-order valence-electron chi connectivity index (χ3n) is 2.70. The van der Waals surface area contributed by atoms with E-state index >= 15 is 0 Å². The number of amides is 1. The topological polar surface area (TPSA) is 62.1 Å². The number of hydrogen-bond donors (Lipinski definition) is 1. The fraction of sp³-hybridized carbons (Fsp3) is 0.0667. The Kier molecular flexibility index (Phi) is 3.96. The van der Waals surface area contributed by atoms with Gasteiger partial charge >= 0.3 is 0 Å². The lowest BCUT2D eigenvalue weighted by Crippen LogP contribution is -2.13. The first-order valence-corrected chi connectivity index (χ1v) is 5.79. The second-order valence-electron chi connectivity index (χ2n) is 3.99. The van der Waals surface area contributed by atoms with Gasteiger partial charge in [-0.3, -0.25) is 4.79 Å². The van der Waals surface area contributed by atoms with Crippen LogP contribution in [0.25, 0.3) is 0 Å². The van der Waals surface area contributed by atoms with E-state index in [4.69, 9.17) is 10.00 Å². The second kappa shape index (κ2) is 5.85. The number of ether oxygens (including phenoxy) is 1. The van der Waals surface area contributed by atoms with Gasteiger partial charge in [-0.2, -0.15) is 5.26 Å². The summed E-state index contributed by atoms with van der Waals surface area (Å²) in [5.41, 5.74) is 0.832. The lowest BCUT2D eigenvalue weighted by molar-refractivity contribution is 0.102. The van der Waals surface area contributed by atoms with Gasteiger partial charge in [-0.15, -0.1) is 0 Å². The first-order chi connectivity index (χ1) is 9.63. The third kappa shape index (κ3) is 2.93. The van der Waals surface area contributed by atoms with E-state index in [1.807, 2.05) is 6.07 Å². The van der Waals surface area contributed by atoms with E-state index in [0.717, 1.165) is 0 Å². The summed E-state index contributed by atoms with van der Waals surface area (Å²) in [5, 5.41) is 11.1. The summed E-state index contributed by atoms with van der Waals surface area (Å²) < 4.78 is 18.6. The molecule has 0 spiro atoms. The molecule has 0 aliphatic rings. The Hall–Kier alpha value is -2.87. The lowest BCUT2D eigenvalue weighted by atomic mass is 10.1. The summed E-state index contributed by atoms with van der Waals surface area (Å²) in [7, 11) is 1.46. The van der Waals surface area contributed by atoms with Crippen LogP contribution in [0.4, 0.5) is 10.1 Å². The van der Waals surface area contributed by atoms with Gasteiger partial charge in [0.2, 0.25) is 0 Å². The number of benzene rings is 2. The van der Waals surface area contributed by atoms with E-state index in [0.29, 0.717) is 16.9 Å². The highest BCUT2D eigenvalue weighted by atomic mass is 19.1. The fourth-order valence-corrected chi connectivity index (χ4v) is 1.62. The molecule has 0 aromatic heterocycles. The average molecular weight is 270 g/mol. The summed E-state index contributed by atoms with van der Waals surface area (Å²) >= 11 is 0. The number of rotatable bonds is 3. The molecule has 0 aliphatic carbocycles. The predicted molar refractivity (Wildman–Crippen MR) is 72.1 cm³/mol. The van der Waals surface area contributed by atoms with Crippen molar-refractivity contribution < 1.29 is 13.9 Å². The molecule has 0 saturated carbocycles. The Labute approximate surface area is 115 Å². The molecule has 1 amide bonds. The largest absolute Gasteiger partial charge is 0.497 e. The van der Waals surface area contributed by atoms with Crippen LogP contribution in [0.2, 0.25) is 0 Å². The van der Waals surface area contributed by atoms with Crippen LogP contribution in [0, 0.1) is 17.1 Å². The monoisotopic (exact) mass is 270 g/mol. The van der Waals surface area contributed by atoms with Gasteiger partial charge in [-0.25, -0.2) is 4.39 Å². The minimum atomic E-state index is -0.548. The Morgan fingerprint density at radius 3 is 2.55 bits per heavy atom. The molecule has 0 heterocycles. The van der Waals surface area contributed by atoms with Crippen LogP contribution in [0.3, 0.4) is 0 Å². The first-order valence-electron chi connectivity index (χ1n) is 5.79. The quantitative estimate of drug-likeness (QED) is 0.932. The molecular weight excluding hydrogens is 259 g/mol. The van der Waals surface area contributed by atoms with E-state index in [1.54, 1.807) is 0 Å². The van der Waals surface area contributed by atoms with Crippen LogP contribution in [-0.2, 0) is 0 Å². The molecule has 100 valence electrons. The SMILES string of the molecule is COc1ccc(F)c(NC(=O)c2ccc(C#N)cc2)c1. The van der Waals surface area contributed by atoms with Crippen molar-refractivity contribution >= 4 is 11.6 Å².